The molecule has 100 valence electrons. The highest BCUT2D eigenvalue weighted by molar-refractivity contribution is 7.89. The molecule has 0 unspecified atom stereocenters. The van der Waals surface area contributed by atoms with Gasteiger partial charge in [0.1, 0.15) is 0 Å². The molecule has 0 aliphatic rings. The minimum Gasteiger partial charge on any atom is -0.200 e. The van der Waals surface area contributed by atoms with Gasteiger partial charge in [0.2, 0.25) is 0 Å². The number of hydrogen-bond donors (Lipinski definition) is 1. The van der Waals surface area contributed by atoms with E-state index in [0.717, 1.165) is 30.5 Å². The average molecular weight is 268 g/mol. The third-order valence-corrected chi connectivity index (χ3v) is 3.83. The second-order valence-corrected chi connectivity index (χ2v) is 5.85. The van der Waals surface area contributed by atoms with Crippen molar-refractivity contribution in [1.29, 1.82) is 0 Å². The van der Waals surface area contributed by atoms with E-state index in [1.165, 1.54) is 0 Å². The number of sulfonamides is 1. The number of benzene rings is 1. The summed E-state index contributed by atoms with van der Waals surface area (Å²) in [6.45, 7) is 5.92. The Morgan fingerprint density at radius 3 is 2.33 bits per heavy atom. The molecule has 0 saturated heterocycles. The molecule has 0 radical (unpaired) electrons. The summed E-state index contributed by atoms with van der Waals surface area (Å²) in [5.74, 6) is 0. The number of aryl methyl sites for hydroxylation is 1. The molecule has 1 aromatic carbocycles. The third-order valence-electron chi connectivity index (χ3n) is 2.60. The lowest BCUT2D eigenvalue weighted by Crippen LogP contribution is -2.20. The molecule has 0 spiro atoms. The van der Waals surface area contributed by atoms with Crippen LogP contribution in [0.1, 0.15) is 38.7 Å². The summed E-state index contributed by atoms with van der Waals surface area (Å²) in [5.41, 5.74) is 1.89. The summed E-state index contributed by atoms with van der Waals surface area (Å²) in [4.78, 5) is 2.53. The van der Waals surface area contributed by atoms with Gasteiger partial charge >= 0.3 is 0 Å². The zero-order valence-corrected chi connectivity index (χ0v) is 11.9. The van der Waals surface area contributed by atoms with Crippen LogP contribution < -0.4 is 4.83 Å². The Hall–Kier alpha value is -1.36. The van der Waals surface area contributed by atoms with Gasteiger partial charge in [-0.3, -0.25) is 0 Å². The molecule has 1 aromatic rings. The second-order valence-electron chi connectivity index (χ2n) is 4.19. The van der Waals surface area contributed by atoms with Crippen molar-refractivity contribution < 1.29 is 8.42 Å². The van der Waals surface area contributed by atoms with E-state index in [2.05, 4.69) is 9.93 Å². The van der Waals surface area contributed by atoms with E-state index in [4.69, 9.17) is 0 Å². The van der Waals surface area contributed by atoms with Crippen LogP contribution in [0.3, 0.4) is 0 Å². The molecule has 0 amide bonds. The molecule has 4 nitrogen and oxygen atoms in total. The van der Waals surface area contributed by atoms with Crippen LogP contribution in [0, 0.1) is 6.92 Å². The van der Waals surface area contributed by atoms with Crippen LogP contribution in [0.2, 0.25) is 0 Å². The summed E-state index contributed by atoms with van der Waals surface area (Å²) in [6.07, 6.45) is 2.52. The van der Waals surface area contributed by atoms with Gasteiger partial charge < -0.3 is 0 Å². The first-order chi connectivity index (χ1) is 8.49. The quantitative estimate of drug-likeness (QED) is 0.637. The van der Waals surface area contributed by atoms with Gasteiger partial charge in [-0.15, -0.1) is 0 Å². The van der Waals surface area contributed by atoms with Gasteiger partial charge in [0.25, 0.3) is 10.0 Å². The monoisotopic (exact) mass is 268 g/mol. The number of rotatable bonds is 6. The maximum atomic E-state index is 11.9. The molecule has 0 aromatic heterocycles. The molecule has 1 N–H and O–H groups in total. The Kier molecular flexibility index (Phi) is 5.34. The Balaban J connectivity index is 2.85. The molecule has 0 saturated carbocycles. The van der Waals surface area contributed by atoms with Crippen molar-refractivity contribution in [2.75, 3.05) is 0 Å². The van der Waals surface area contributed by atoms with E-state index < -0.39 is 10.0 Å². The minimum atomic E-state index is -3.54. The van der Waals surface area contributed by atoms with E-state index in [9.17, 15) is 8.42 Å². The normalized spacial score (nSPS) is 12.5. The fraction of sp³-hybridized carbons (Fsp3) is 0.462. The summed E-state index contributed by atoms with van der Waals surface area (Å²) in [7, 11) is -3.54. The van der Waals surface area contributed by atoms with Gasteiger partial charge in [-0.2, -0.15) is 13.5 Å². The maximum absolute atomic E-state index is 11.9. The Labute approximate surface area is 109 Å². The van der Waals surface area contributed by atoms with Gasteiger partial charge in [-0.05, 0) is 31.9 Å². The van der Waals surface area contributed by atoms with Crippen molar-refractivity contribution >= 4 is 15.7 Å². The number of hydrazone groups is 1. The predicted octanol–water partition coefficient (Wildman–Crippen LogP) is 2.84. The van der Waals surface area contributed by atoms with Gasteiger partial charge in [0.15, 0.2) is 0 Å². The van der Waals surface area contributed by atoms with Gasteiger partial charge in [0.05, 0.1) is 4.90 Å². The third kappa shape index (κ3) is 4.14. The van der Waals surface area contributed by atoms with Crippen molar-refractivity contribution in [2.45, 2.75) is 44.9 Å². The first-order valence-corrected chi connectivity index (χ1v) is 7.61. The predicted molar refractivity (Wildman–Crippen MR) is 74.1 cm³/mol. The standard InChI is InChI=1S/C13H20N2O2S/c1-4-6-12(5-2)14-15-18(16,17)13-9-7-11(3)8-10-13/h7-10,15H,4-6H2,1-3H3/b14-12-. The van der Waals surface area contributed by atoms with Crippen LogP contribution in [-0.4, -0.2) is 14.1 Å². The summed E-state index contributed by atoms with van der Waals surface area (Å²) >= 11 is 0. The molecular formula is C13H20N2O2S. The van der Waals surface area contributed by atoms with Crippen molar-refractivity contribution in [3.63, 3.8) is 0 Å². The van der Waals surface area contributed by atoms with E-state index in [1.807, 2.05) is 20.8 Å². The Morgan fingerprint density at radius 1 is 1.22 bits per heavy atom. The molecule has 0 fully saturated rings. The van der Waals surface area contributed by atoms with Crippen LogP contribution >= 0.6 is 0 Å². The maximum Gasteiger partial charge on any atom is 0.276 e. The van der Waals surface area contributed by atoms with Crippen molar-refractivity contribution in [2.24, 2.45) is 5.10 Å². The molecule has 0 atom stereocenters. The van der Waals surface area contributed by atoms with E-state index in [1.54, 1.807) is 24.3 Å². The van der Waals surface area contributed by atoms with E-state index >= 15 is 0 Å². The number of nitrogens with one attached hydrogen (secondary N) is 1. The van der Waals surface area contributed by atoms with Gasteiger partial charge in [0, 0.05) is 5.71 Å². The zero-order chi connectivity index (χ0) is 13.6. The topological polar surface area (TPSA) is 58.5 Å². The Bertz CT molecular complexity index is 504. The molecule has 0 aliphatic carbocycles. The average Bonchev–Trinajstić information content (AvgIpc) is 2.35. The lowest BCUT2D eigenvalue weighted by molar-refractivity contribution is 0.584. The highest BCUT2D eigenvalue weighted by Crippen LogP contribution is 2.10. The fourth-order valence-electron chi connectivity index (χ4n) is 1.50. The minimum absolute atomic E-state index is 0.240. The summed E-state index contributed by atoms with van der Waals surface area (Å²) in [5, 5.41) is 3.98. The zero-order valence-electron chi connectivity index (χ0n) is 11.1. The largest absolute Gasteiger partial charge is 0.276 e. The van der Waals surface area contributed by atoms with Gasteiger partial charge in [-0.1, -0.05) is 38.0 Å². The van der Waals surface area contributed by atoms with Crippen LogP contribution in [-0.2, 0) is 10.0 Å². The van der Waals surface area contributed by atoms with E-state index in [-0.39, 0.29) is 4.90 Å². The molecule has 0 heterocycles. The molecular weight excluding hydrogens is 248 g/mol. The highest BCUT2D eigenvalue weighted by Gasteiger charge is 2.12. The Morgan fingerprint density at radius 2 is 1.83 bits per heavy atom. The molecule has 1 rings (SSSR count). The first-order valence-electron chi connectivity index (χ1n) is 6.13. The number of hydrogen-bond acceptors (Lipinski definition) is 3. The molecule has 0 bridgehead atoms. The summed E-state index contributed by atoms with van der Waals surface area (Å²) in [6, 6.07) is 6.70. The van der Waals surface area contributed by atoms with Crippen LogP contribution in [0.15, 0.2) is 34.3 Å². The lowest BCUT2D eigenvalue weighted by atomic mass is 10.2. The molecule has 18 heavy (non-hydrogen) atoms. The number of nitrogens with zero attached hydrogens (tertiary/aromatic N) is 1. The molecule has 5 heteroatoms. The van der Waals surface area contributed by atoms with E-state index in [0.29, 0.717) is 0 Å². The van der Waals surface area contributed by atoms with Crippen molar-refractivity contribution in [3.8, 4) is 0 Å². The first kappa shape index (κ1) is 14.7. The fourth-order valence-corrected chi connectivity index (χ4v) is 2.34. The lowest BCUT2D eigenvalue weighted by Gasteiger charge is -2.06. The van der Waals surface area contributed by atoms with Crippen LogP contribution in [0.5, 0.6) is 0 Å². The van der Waals surface area contributed by atoms with Crippen molar-refractivity contribution in [1.82, 2.24) is 4.83 Å². The van der Waals surface area contributed by atoms with Crippen LogP contribution in [0.4, 0.5) is 0 Å². The van der Waals surface area contributed by atoms with Crippen molar-refractivity contribution in [3.05, 3.63) is 29.8 Å². The second kappa shape index (κ2) is 6.54. The smallest absolute Gasteiger partial charge is 0.200 e. The molecule has 0 aliphatic heterocycles. The summed E-state index contributed by atoms with van der Waals surface area (Å²) < 4.78 is 23.9. The van der Waals surface area contributed by atoms with Gasteiger partial charge in [-0.25, -0.2) is 4.83 Å². The highest BCUT2D eigenvalue weighted by atomic mass is 32.2. The van der Waals surface area contributed by atoms with Crippen LogP contribution in [0.25, 0.3) is 0 Å². The SMILES string of the molecule is CCC/C(CC)=N\NS(=O)(=O)c1ccc(C)cc1.